The van der Waals surface area contributed by atoms with Crippen LogP contribution in [0.2, 0.25) is 0 Å². The normalized spacial score (nSPS) is 11.0. The maximum absolute atomic E-state index is 13.1. The SMILES string of the molecule is Cc1ccc2nnc(CNC(=O)C(c3ccccc3)c3ccccc3)n2n1. The zero-order valence-electron chi connectivity index (χ0n) is 14.9. The third-order valence-corrected chi connectivity index (χ3v) is 4.41. The van der Waals surface area contributed by atoms with Gasteiger partial charge in [0.1, 0.15) is 0 Å². The van der Waals surface area contributed by atoms with Crippen LogP contribution in [0.25, 0.3) is 5.65 Å². The standard InChI is InChI=1S/C21H19N5O/c1-15-12-13-18-23-24-19(26(18)25-15)14-22-21(27)20(16-8-4-2-5-9-16)17-10-6-3-7-11-17/h2-13,20H,14H2,1H3,(H,22,27). The second-order valence-electron chi connectivity index (χ2n) is 6.33. The van der Waals surface area contributed by atoms with Gasteiger partial charge >= 0.3 is 0 Å². The highest BCUT2D eigenvalue weighted by Gasteiger charge is 2.22. The van der Waals surface area contributed by atoms with Gasteiger partial charge in [0.25, 0.3) is 0 Å². The molecule has 0 unspecified atom stereocenters. The van der Waals surface area contributed by atoms with E-state index in [-0.39, 0.29) is 18.4 Å². The van der Waals surface area contributed by atoms with Crippen molar-refractivity contribution in [3.63, 3.8) is 0 Å². The smallest absolute Gasteiger partial charge is 0.232 e. The molecule has 6 heteroatoms. The summed E-state index contributed by atoms with van der Waals surface area (Å²) in [7, 11) is 0. The van der Waals surface area contributed by atoms with E-state index in [2.05, 4.69) is 20.6 Å². The molecule has 27 heavy (non-hydrogen) atoms. The molecule has 0 fully saturated rings. The second-order valence-corrected chi connectivity index (χ2v) is 6.33. The first-order valence-corrected chi connectivity index (χ1v) is 8.78. The predicted molar refractivity (Wildman–Crippen MR) is 102 cm³/mol. The van der Waals surface area contributed by atoms with Crippen LogP contribution in [-0.4, -0.2) is 25.7 Å². The largest absolute Gasteiger partial charge is 0.348 e. The number of carbonyl (C=O) groups is 1. The average molecular weight is 357 g/mol. The molecule has 0 saturated carbocycles. The summed E-state index contributed by atoms with van der Waals surface area (Å²) >= 11 is 0. The molecule has 0 aliphatic rings. The summed E-state index contributed by atoms with van der Waals surface area (Å²) in [6.07, 6.45) is 0. The summed E-state index contributed by atoms with van der Waals surface area (Å²) in [4.78, 5) is 13.1. The Morgan fingerprint density at radius 3 is 2.19 bits per heavy atom. The number of fused-ring (bicyclic) bond motifs is 1. The van der Waals surface area contributed by atoms with Gasteiger partial charge in [0.05, 0.1) is 18.2 Å². The molecule has 2 aromatic heterocycles. The van der Waals surface area contributed by atoms with E-state index in [1.807, 2.05) is 79.7 Å². The van der Waals surface area contributed by atoms with Crippen LogP contribution < -0.4 is 5.32 Å². The number of rotatable bonds is 5. The minimum absolute atomic E-state index is 0.0863. The van der Waals surface area contributed by atoms with E-state index >= 15 is 0 Å². The monoisotopic (exact) mass is 357 g/mol. The average Bonchev–Trinajstić information content (AvgIpc) is 3.10. The van der Waals surface area contributed by atoms with Gasteiger partial charge in [-0.1, -0.05) is 60.7 Å². The lowest BCUT2D eigenvalue weighted by molar-refractivity contribution is -0.121. The van der Waals surface area contributed by atoms with E-state index in [0.717, 1.165) is 16.8 Å². The minimum Gasteiger partial charge on any atom is -0.348 e. The van der Waals surface area contributed by atoms with Crippen molar-refractivity contribution >= 4 is 11.6 Å². The Balaban J connectivity index is 1.59. The number of aromatic nitrogens is 4. The first-order valence-electron chi connectivity index (χ1n) is 8.78. The molecule has 134 valence electrons. The molecule has 0 aliphatic heterocycles. The van der Waals surface area contributed by atoms with Gasteiger partial charge < -0.3 is 5.32 Å². The van der Waals surface area contributed by atoms with Crippen LogP contribution in [0.5, 0.6) is 0 Å². The fourth-order valence-corrected chi connectivity index (χ4v) is 3.09. The molecule has 1 amide bonds. The van der Waals surface area contributed by atoms with E-state index < -0.39 is 0 Å². The Morgan fingerprint density at radius 2 is 1.56 bits per heavy atom. The molecule has 0 atom stereocenters. The minimum atomic E-state index is -0.388. The van der Waals surface area contributed by atoms with Crippen LogP contribution >= 0.6 is 0 Å². The molecule has 2 aromatic carbocycles. The third kappa shape index (κ3) is 3.55. The molecular weight excluding hydrogens is 338 g/mol. The van der Waals surface area contributed by atoms with E-state index in [9.17, 15) is 4.79 Å². The number of nitrogens with one attached hydrogen (secondary N) is 1. The van der Waals surface area contributed by atoms with E-state index in [1.165, 1.54) is 0 Å². The van der Waals surface area contributed by atoms with Crippen molar-refractivity contribution in [2.24, 2.45) is 0 Å². The van der Waals surface area contributed by atoms with Crippen LogP contribution in [0.1, 0.15) is 28.6 Å². The van der Waals surface area contributed by atoms with Gasteiger partial charge in [0.2, 0.25) is 5.91 Å². The molecular formula is C21H19N5O. The molecule has 0 radical (unpaired) electrons. The third-order valence-electron chi connectivity index (χ3n) is 4.41. The van der Waals surface area contributed by atoms with Crippen molar-refractivity contribution in [3.8, 4) is 0 Å². The summed E-state index contributed by atoms with van der Waals surface area (Å²) in [5, 5.41) is 15.7. The highest BCUT2D eigenvalue weighted by atomic mass is 16.1. The van der Waals surface area contributed by atoms with Gasteiger partial charge in [0, 0.05) is 0 Å². The molecule has 0 bridgehead atoms. The number of aryl methyl sites for hydroxylation is 1. The zero-order valence-corrected chi connectivity index (χ0v) is 14.9. The summed E-state index contributed by atoms with van der Waals surface area (Å²) in [5.41, 5.74) is 3.41. The van der Waals surface area contributed by atoms with Crippen LogP contribution in [0.4, 0.5) is 0 Å². The van der Waals surface area contributed by atoms with E-state index in [1.54, 1.807) is 4.52 Å². The van der Waals surface area contributed by atoms with Crippen molar-refractivity contribution in [2.75, 3.05) is 0 Å². The molecule has 1 N–H and O–H groups in total. The Bertz CT molecular complexity index is 1020. The van der Waals surface area contributed by atoms with Crippen LogP contribution in [-0.2, 0) is 11.3 Å². The van der Waals surface area contributed by atoms with Crippen LogP contribution in [0.3, 0.4) is 0 Å². The van der Waals surface area contributed by atoms with Crippen molar-refractivity contribution in [2.45, 2.75) is 19.4 Å². The Morgan fingerprint density at radius 1 is 0.926 bits per heavy atom. The number of carbonyl (C=O) groups excluding carboxylic acids is 1. The molecule has 6 nitrogen and oxygen atoms in total. The Kier molecular flexibility index (Phi) is 4.61. The molecule has 0 spiro atoms. The van der Waals surface area contributed by atoms with Crippen molar-refractivity contribution < 1.29 is 4.79 Å². The summed E-state index contributed by atoms with van der Waals surface area (Å²) in [6.45, 7) is 2.16. The number of benzene rings is 2. The van der Waals surface area contributed by atoms with Gasteiger partial charge in [0.15, 0.2) is 11.5 Å². The quantitative estimate of drug-likeness (QED) is 0.596. The highest BCUT2D eigenvalue weighted by molar-refractivity contribution is 5.87. The summed E-state index contributed by atoms with van der Waals surface area (Å²) < 4.78 is 1.66. The first kappa shape index (κ1) is 16.9. The lowest BCUT2D eigenvalue weighted by Crippen LogP contribution is -2.30. The maximum Gasteiger partial charge on any atom is 0.232 e. The number of hydrogen-bond acceptors (Lipinski definition) is 4. The number of amides is 1. The highest BCUT2D eigenvalue weighted by Crippen LogP contribution is 2.24. The van der Waals surface area contributed by atoms with Gasteiger partial charge in [-0.2, -0.15) is 9.61 Å². The van der Waals surface area contributed by atoms with Crippen molar-refractivity contribution in [1.29, 1.82) is 0 Å². The molecule has 0 saturated heterocycles. The van der Waals surface area contributed by atoms with Gasteiger partial charge in [-0.05, 0) is 30.2 Å². The zero-order chi connectivity index (χ0) is 18.6. The van der Waals surface area contributed by atoms with Crippen molar-refractivity contribution in [1.82, 2.24) is 25.1 Å². The molecule has 4 aromatic rings. The Hall–Kier alpha value is -3.54. The topological polar surface area (TPSA) is 72.2 Å². The number of nitrogens with zero attached hydrogens (tertiary/aromatic N) is 4. The fourth-order valence-electron chi connectivity index (χ4n) is 3.09. The first-order chi connectivity index (χ1) is 13.2. The molecule has 4 rings (SSSR count). The van der Waals surface area contributed by atoms with Crippen molar-refractivity contribution in [3.05, 3.63) is 95.4 Å². The van der Waals surface area contributed by atoms with Gasteiger partial charge in [-0.3, -0.25) is 4.79 Å². The maximum atomic E-state index is 13.1. The lowest BCUT2D eigenvalue weighted by Gasteiger charge is -2.17. The Labute approximate surface area is 156 Å². The van der Waals surface area contributed by atoms with Crippen LogP contribution in [0, 0.1) is 6.92 Å². The van der Waals surface area contributed by atoms with Gasteiger partial charge in [-0.15, -0.1) is 10.2 Å². The van der Waals surface area contributed by atoms with Gasteiger partial charge in [-0.25, -0.2) is 0 Å². The van der Waals surface area contributed by atoms with E-state index in [0.29, 0.717) is 11.5 Å². The lowest BCUT2D eigenvalue weighted by atomic mass is 9.90. The van der Waals surface area contributed by atoms with E-state index in [4.69, 9.17) is 0 Å². The number of hydrogen-bond donors (Lipinski definition) is 1. The second kappa shape index (κ2) is 7.37. The predicted octanol–water partition coefficient (Wildman–Crippen LogP) is 2.88. The molecule has 2 heterocycles. The molecule has 0 aliphatic carbocycles. The fraction of sp³-hybridized carbons (Fsp3) is 0.143. The summed E-state index contributed by atoms with van der Waals surface area (Å²) in [6, 6.07) is 23.3. The summed E-state index contributed by atoms with van der Waals surface area (Å²) in [5.74, 6) is 0.125. The van der Waals surface area contributed by atoms with Crippen LogP contribution in [0.15, 0.2) is 72.8 Å².